The Balaban J connectivity index is 1.73. The molecule has 5 nitrogen and oxygen atoms in total. The fraction of sp³-hybridized carbons (Fsp3) is 0.300. The number of hydrogen-bond acceptors (Lipinski definition) is 4. The third-order valence-electron chi connectivity index (χ3n) is 5.06. The predicted molar refractivity (Wildman–Crippen MR) is 115 cm³/mol. The lowest BCUT2D eigenvalue weighted by Crippen LogP contribution is -2.39. The molecule has 164 valence electrons. The van der Waals surface area contributed by atoms with Crippen molar-refractivity contribution >= 4 is 50.0 Å². The van der Waals surface area contributed by atoms with E-state index in [1.54, 1.807) is 24.3 Å². The van der Waals surface area contributed by atoms with Crippen molar-refractivity contribution in [3.8, 4) is 0 Å². The summed E-state index contributed by atoms with van der Waals surface area (Å²) in [6.07, 6.45) is -4.77. The zero-order chi connectivity index (χ0) is 22.4. The standard InChI is InChI=1S/C20H16ClF3N2O3S2/c21-14-7-3-1-5-12(14)9-18(27)25-19-26(16-10-31(28,29)11-17(16)30-19)15-8-4-2-6-13(15)20(22,23)24/h1-8,16-17H,9-11H2. The number of fused-ring (bicyclic) bond motifs is 1. The zero-order valence-electron chi connectivity index (χ0n) is 15.8. The van der Waals surface area contributed by atoms with Gasteiger partial charge in [-0.25, -0.2) is 8.42 Å². The van der Waals surface area contributed by atoms with Gasteiger partial charge in [-0.15, -0.1) is 0 Å². The molecular formula is C20H16ClF3N2O3S2. The van der Waals surface area contributed by atoms with Crippen molar-refractivity contribution in [1.82, 2.24) is 0 Å². The molecule has 2 aliphatic heterocycles. The number of carbonyl (C=O) groups excluding carboxylic acids is 1. The number of benzene rings is 2. The SMILES string of the molecule is O=C(Cc1ccccc1Cl)N=C1SC2CS(=O)(=O)CC2N1c1ccccc1C(F)(F)F. The van der Waals surface area contributed by atoms with Crippen molar-refractivity contribution in [3.05, 3.63) is 64.7 Å². The Bertz CT molecular complexity index is 1170. The molecule has 0 saturated carbocycles. The van der Waals surface area contributed by atoms with E-state index in [-0.39, 0.29) is 28.8 Å². The molecule has 2 aromatic rings. The molecule has 2 saturated heterocycles. The summed E-state index contributed by atoms with van der Waals surface area (Å²) >= 11 is 7.11. The second-order valence-electron chi connectivity index (χ2n) is 7.24. The molecule has 2 unspecified atom stereocenters. The van der Waals surface area contributed by atoms with Crippen LogP contribution in [-0.2, 0) is 27.2 Å². The summed E-state index contributed by atoms with van der Waals surface area (Å²) in [5, 5.41) is -0.0471. The summed E-state index contributed by atoms with van der Waals surface area (Å²) in [6, 6.07) is 10.9. The number of nitrogens with zero attached hydrogens (tertiary/aromatic N) is 2. The maximum Gasteiger partial charge on any atom is 0.418 e. The number of alkyl halides is 3. The van der Waals surface area contributed by atoms with E-state index in [1.165, 1.54) is 23.1 Å². The first-order valence-electron chi connectivity index (χ1n) is 9.22. The van der Waals surface area contributed by atoms with Gasteiger partial charge in [0.15, 0.2) is 15.0 Å². The first-order chi connectivity index (χ1) is 14.5. The van der Waals surface area contributed by atoms with Gasteiger partial charge in [-0.3, -0.25) is 4.79 Å². The average molecular weight is 489 g/mol. The van der Waals surface area contributed by atoms with E-state index in [0.29, 0.717) is 10.6 Å². The largest absolute Gasteiger partial charge is 0.418 e. The molecule has 4 rings (SSSR count). The predicted octanol–water partition coefficient (Wildman–Crippen LogP) is 4.20. The van der Waals surface area contributed by atoms with E-state index in [2.05, 4.69) is 4.99 Å². The van der Waals surface area contributed by atoms with Crippen molar-refractivity contribution in [2.45, 2.75) is 23.9 Å². The van der Waals surface area contributed by atoms with E-state index in [4.69, 9.17) is 11.6 Å². The maximum atomic E-state index is 13.6. The monoisotopic (exact) mass is 488 g/mol. The van der Waals surface area contributed by atoms with E-state index < -0.39 is 38.8 Å². The van der Waals surface area contributed by atoms with Gasteiger partial charge in [-0.05, 0) is 23.8 Å². The summed E-state index contributed by atoms with van der Waals surface area (Å²) in [5.41, 5.74) is -0.574. The number of hydrogen-bond donors (Lipinski definition) is 0. The van der Waals surface area contributed by atoms with Gasteiger partial charge < -0.3 is 4.90 Å². The smallest absolute Gasteiger partial charge is 0.315 e. The highest BCUT2D eigenvalue weighted by Gasteiger charge is 2.51. The lowest BCUT2D eigenvalue weighted by atomic mass is 10.1. The van der Waals surface area contributed by atoms with Crippen molar-refractivity contribution in [2.75, 3.05) is 16.4 Å². The second kappa shape index (κ2) is 8.14. The number of amides is 1. The number of halogens is 4. The van der Waals surface area contributed by atoms with Gasteiger partial charge in [-0.1, -0.05) is 53.7 Å². The van der Waals surface area contributed by atoms with Crippen LogP contribution in [-0.4, -0.2) is 42.3 Å². The molecule has 0 aromatic heterocycles. The van der Waals surface area contributed by atoms with Crippen LogP contribution in [0.2, 0.25) is 5.02 Å². The van der Waals surface area contributed by atoms with Crippen LogP contribution in [0, 0.1) is 0 Å². The normalized spacial score (nSPS) is 23.9. The number of carbonyl (C=O) groups is 1. The highest BCUT2D eigenvalue weighted by molar-refractivity contribution is 8.16. The van der Waals surface area contributed by atoms with Gasteiger partial charge in [0, 0.05) is 10.3 Å². The van der Waals surface area contributed by atoms with Crippen molar-refractivity contribution in [3.63, 3.8) is 0 Å². The molecule has 2 fully saturated rings. The Labute approximate surface area is 186 Å². The number of thioether (sulfide) groups is 1. The van der Waals surface area contributed by atoms with E-state index in [1.807, 2.05) is 0 Å². The molecule has 31 heavy (non-hydrogen) atoms. The van der Waals surface area contributed by atoms with Gasteiger partial charge in [0.2, 0.25) is 0 Å². The first kappa shape index (κ1) is 22.2. The Morgan fingerprint density at radius 2 is 1.81 bits per heavy atom. The lowest BCUT2D eigenvalue weighted by Gasteiger charge is -2.27. The minimum absolute atomic E-state index is 0.0682. The number of rotatable bonds is 3. The van der Waals surface area contributed by atoms with E-state index in [0.717, 1.165) is 17.8 Å². The molecule has 0 spiro atoms. The maximum absolute atomic E-state index is 13.6. The average Bonchev–Trinajstić information content (AvgIpc) is 3.13. The van der Waals surface area contributed by atoms with Gasteiger partial charge in [0.05, 0.1) is 35.2 Å². The number of amidine groups is 1. The molecule has 0 aliphatic carbocycles. The van der Waals surface area contributed by atoms with Crippen LogP contribution in [0.15, 0.2) is 53.5 Å². The van der Waals surface area contributed by atoms with Crippen LogP contribution in [0.25, 0.3) is 0 Å². The number of aliphatic imine (C=N–C) groups is 1. The molecular weight excluding hydrogens is 473 g/mol. The summed E-state index contributed by atoms with van der Waals surface area (Å²) < 4.78 is 65.2. The van der Waals surface area contributed by atoms with Crippen molar-refractivity contribution in [1.29, 1.82) is 0 Å². The van der Waals surface area contributed by atoms with Gasteiger partial charge in [0.1, 0.15) is 0 Å². The van der Waals surface area contributed by atoms with Crippen LogP contribution in [0.3, 0.4) is 0 Å². The Hall–Kier alpha value is -2.04. The number of para-hydroxylation sites is 1. The third-order valence-corrected chi connectivity index (χ3v) is 8.63. The summed E-state index contributed by atoms with van der Waals surface area (Å²) in [4.78, 5) is 17.9. The molecule has 0 bridgehead atoms. The minimum Gasteiger partial charge on any atom is -0.315 e. The van der Waals surface area contributed by atoms with E-state index in [9.17, 15) is 26.4 Å². The number of anilines is 1. The lowest BCUT2D eigenvalue weighted by molar-refractivity contribution is -0.137. The molecule has 1 amide bonds. The molecule has 0 N–H and O–H groups in total. The Morgan fingerprint density at radius 3 is 2.52 bits per heavy atom. The molecule has 2 atom stereocenters. The van der Waals surface area contributed by atoms with E-state index >= 15 is 0 Å². The molecule has 11 heteroatoms. The quantitative estimate of drug-likeness (QED) is 0.647. The topological polar surface area (TPSA) is 66.8 Å². The van der Waals surface area contributed by atoms with Crippen LogP contribution in [0.4, 0.5) is 18.9 Å². The Morgan fingerprint density at radius 1 is 1.13 bits per heavy atom. The highest BCUT2D eigenvalue weighted by atomic mass is 35.5. The van der Waals surface area contributed by atoms with Gasteiger partial charge >= 0.3 is 6.18 Å². The number of sulfone groups is 1. The molecule has 2 aromatic carbocycles. The second-order valence-corrected chi connectivity index (χ2v) is 11.0. The highest BCUT2D eigenvalue weighted by Crippen LogP contribution is 2.45. The third kappa shape index (κ3) is 4.61. The van der Waals surface area contributed by atoms with Crippen molar-refractivity contribution < 1.29 is 26.4 Å². The summed E-state index contributed by atoms with van der Waals surface area (Å²) in [7, 11) is -3.40. The fourth-order valence-corrected chi connectivity index (χ4v) is 7.85. The van der Waals surface area contributed by atoms with Crippen LogP contribution in [0.5, 0.6) is 0 Å². The van der Waals surface area contributed by atoms with Gasteiger partial charge in [0.25, 0.3) is 5.91 Å². The Kier molecular flexibility index (Phi) is 5.82. The summed E-state index contributed by atoms with van der Waals surface area (Å²) in [5.74, 6) is -1.05. The van der Waals surface area contributed by atoms with Gasteiger partial charge in [-0.2, -0.15) is 18.2 Å². The first-order valence-corrected chi connectivity index (χ1v) is 12.3. The molecule has 0 radical (unpaired) electrons. The molecule has 2 aliphatic rings. The fourth-order valence-electron chi connectivity index (χ4n) is 3.72. The minimum atomic E-state index is -4.65. The molecule has 2 heterocycles. The zero-order valence-corrected chi connectivity index (χ0v) is 18.2. The van der Waals surface area contributed by atoms with Crippen LogP contribution < -0.4 is 4.90 Å². The summed E-state index contributed by atoms with van der Waals surface area (Å²) in [6.45, 7) is 0. The van der Waals surface area contributed by atoms with Crippen LogP contribution >= 0.6 is 23.4 Å². The van der Waals surface area contributed by atoms with Crippen molar-refractivity contribution in [2.24, 2.45) is 4.99 Å². The van der Waals surface area contributed by atoms with Crippen LogP contribution in [0.1, 0.15) is 11.1 Å².